The first-order valence-electron chi connectivity index (χ1n) is 8.98. The molecule has 0 aromatic carbocycles. The van der Waals surface area contributed by atoms with Gasteiger partial charge in [0.15, 0.2) is 0 Å². The minimum Gasteiger partial charge on any atom is -0.298 e. The van der Waals surface area contributed by atoms with E-state index in [2.05, 4.69) is 37.5 Å². The molecule has 0 bridgehead atoms. The van der Waals surface area contributed by atoms with Crippen LogP contribution in [0.3, 0.4) is 0 Å². The van der Waals surface area contributed by atoms with Gasteiger partial charge in [-0.15, -0.1) is 0 Å². The molecule has 2 aliphatic rings. The van der Waals surface area contributed by atoms with Crippen molar-refractivity contribution in [3.05, 3.63) is 0 Å². The third kappa shape index (κ3) is 4.46. The monoisotopic (exact) mass is 280 g/mol. The Morgan fingerprint density at radius 1 is 0.950 bits per heavy atom. The van der Waals surface area contributed by atoms with E-state index in [0.29, 0.717) is 11.6 Å². The van der Waals surface area contributed by atoms with Crippen molar-refractivity contribution in [2.75, 3.05) is 26.2 Å². The molecule has 2 heteroatoms. The standard InChI is InChI=1S/C18H36N2/c1-16(2)19-12-14-20(15-13-19)18(3,4)11-10-17-8-6-5-7-9-17/h16-17H,5-15H2,1-4H3. The quantitative estimate of drug-likeness (QED) is 0.746. The molecule has 1 saturated heterocycles. The summed E-state index contributed by atoms with van der Waals surface area (Å²) in [6.07, 6.45) is 10.3. The second kappa shape index (κ2) is 7.26. The van der Waals surface area contributed by atoms with E-state index in [0.717, 1.165) is 5.92 Å². The van der Waals surface area contributed by atoms with E-state index in [9.17, 15) is 0 Å². The Bertz CT molecular complexity index is 271. The fourth-order valence-electron chi connectivity index (χ4n) is 4.03. The molecule has 1 aliphatic carbocycles. The fraction of sp³-hybridized carbons (Fsp3) is 1.00. The van der Waals surface area contributed by atoms with Crippen LogP contribution < -0.4 is 0 Å². The molecule has 0 radical (unpaired) electrons. The van der Waals surface area contributed by atoms with E-state index < -0.39 is 0 Å². The van der Waals surface area contributed by atoms with Gasteiger partial charge in [0.05, 0.1) is 0 Å². The van der Waals surface area contributed by atoms with E-state index in [4.69, 9.17) is 0 Å². The van der Waals surface area contributed by atoms with Gasteiger partial charge in [-0.1, -0.05) is 32.1 Å². The van der Waals surface area contributed by atoms with Crippen molar-refractivity contribution in [2.24, 2.45) is 5.92 Å². The number of hydrogen-bond acceptors (Lipinski definition) is 2. The van der Waals surface area contributed by atoms with Crippen LogP contribution in [0.15, 0.2) is 0 Å². The highest BCUT2D eigenvalue weighted by Crippen LogP contribution is 2.31. The van der Waals surface area contributed by atoms with Crippen molar-refractivity contribution in [1.82, 2.24) is 9.80 Å². The van der Waals surface area contributed by atoms with E-state index in [1.807, 2.05) is 0 Å². The Hall–Kier alpha value is -0.0800. The lowest BCUT2D eigenvalue weighted by atomic mass is 9.82. The van der Waals surface area contributed by atoms with E-state index in [1.54, 1.807) is 0 Å². The summed E-state index contributed by atoms with van der Waals surface area (Å²) < 4.78 is 0. The first-order chi connectivity index (χ1) is 9.49. The third-order valence-corrected chi connectivity index (χ3v) is 5.79. The summed E-state index contributed by atoms with van der Waals surface area (Å²) in [5, 5.41) is 0. The lowest BCUT2D eigenvalue weighted by molar-refractivity contribution is 0.0318. The van der Waals surface area contributed by atoms with Crippen LogP contribution in [0.5, 0.6) is 0 Å². The van der Waals surface area contributed by atoms with Gasteiger partial charge in [-0.05, 0) is 46.5 Å². The predicted octanol–water partition coefficient (Wildman–Crippen LogP) is 4.15. The van der Waals surface area contributed by atoms with E-state index in [1.165, 1.54) is 71.1 Å². The molecule has 2 rings (SSSR count). The summed E-state index contributed by atoms with van der Waals surface area (Å²) in [4.78, 5) is 5.36. The highest BCUT2D eigenvalue weighted by atomic mass is 15.3. The van der Waals surface area contributed by atoms with Crippen molar-refractivity contribution < 1.29 is 0 Å². The van der Waals surface area contributed by atoms with Gasteiger partial charge < -0.3 is 0 Å². The Labute approximate surface area is 126 Å². The van der Waals surface area contributed by atoms with Crippen molar-refractivity contribution in [2.45, 2.75) is 84.2 Å². The number of nitrogens with zero attached hydrogens (tertiary/aromatic N) is 2. The Morgan fingerprint density at radius 3 is 2.10 bits per heavy atom. The molecule has 0 unspecified atom stereocenters. The van der Waals surface area contributed by atoms with Gasteiger partial charge in [-0.2, -0.15) is 0 Å². The van der Waals surface area contributed by atoms with Gasteiger partial charge in [0.1, 0.15) is 0 Å². The van der Waals surface area contributed by atoms with Gasteiger partial charge >= 0.3 is 0 Å². The predicted molar refractivity (Wildman–Crippen MR) is 88.2 cm³/mol. The van der Waals surface area contributed by atoms with Crippen LogP contribution in [0.1, 0.15) is 72.6 Å². The summed E-state index contributed by atoms with van der Waals surface area (Å²) in [5.41, 5.74) is 0.403. The first kappa shape index (κ1) is 16.3. The van der Waals surface area contributed by atoms with Gasteiger partial charge in [0, 0.05) is 37.8 Å². The maximum absolute atomic E-state index is 2.74. The average molecular weight is 280 g/mol. The summed E-state index contributed by atoms with van der Waals surface area (Å²) in [6.45, 7) is 14.6. The van der Waals surface area contributed by atoms with Crippen molar-refractivity contribution in [1.29, 1.82) is 0 Å². The number of hydrogen-bond donors (Lipinski definition) is 0. The van der Waals surface area contributed by atoms with Gasteiger partial charge in [-0.25, -0.2) is 0 Å². The first-order valence-corrected chi connectivity index (χ1v) is 8.98. The molecule has 0 aromatic heterocycles. The minimum absolute atomic E-state index is 0.403. The lowest BCUT2D eigenvalue weighted by Crippen LogP contribution is -2.55. The third-order valence-electron chi connectivity index (χ3n) is 5.79. The highest BCUT2D eigenvalue weighted by Gasteiger charge is 2.31. The molecule has 0 amide bonds. The van der Waals surface area contributed by atoms with E-state index in [-0.39, 0.29) is 0 Å². The second-order valence-corrected chi connectivity index (χ2v) is 7.97. The Morgan fingerprint density at radius 2 is 1.55 bits per heavy atom. The van der Waals surface area contributed by atoms with Gasteiger partial charge in [0.2, 0.25) is 0 Å². The Balaban J connectivity index is 1.75. The molecule has 0 spiro atoms. The largest absolute Gasteiger partial charge is 0.298 e. The van der Waals surface area contributed by atoms with Gasteiger partial charge in [0.25, 0.3) is 0 Å². The second-order valence-electron chi connectivity index (χ2n) is 7.97. The molecule has 0 atom stereocenters. The maximum Gasteiger partial charge on any atom is 0.0154 e. The smallest absolute Gasteiger partial charge is 0.0154 e. The fourth-order valence-corrected chi connectivity index (χ4v) is 4.03. The molecule has 2 fully saturated rings. The molecule has 0 aromatic rings. The van der Waals surface area contributed by atoms with Crippen LogP contribution in [0.25, 0.3) is 0 Å². The van der Waals surface area contributed by atoms with Gasteiger partial charge in [-0.3, -0.25) is 9.80 Å². The van der Waals surface area contributed by atoms with E-state index >= 15 is 0 Å². The van der Waals surface area contributed by atoms with Crippen molar-refractivity contribution in [3.8, 4) is 0 Å². The van der Waals surface area contributed by atoms with Crippen molar-refractivity contribution in [3.63, 3.8) is 0 Å². The molecule has 1 saturated carbocycles. The normalized spacial score (nSPS) is 24.4. The minimum atomic E-state index is 0.403. The molecule has 20 heavy (non-hydrogen) atoms. The zero-order chi connectivity index (χ0) is 14.6. The molecule has 0 N–H and O–H groups in total. The molecule has 1 aliphatic heterocycles. The Kier molecular flexibility index (Phi) is 5.92. The zero-order valence-corrected chi connectivity index (χ0v) is 14.3. The van der Waals surface area contributed by atoms with Crippen LogP contribution in [0, 0.1) is 5.92 Å². The van der Waals surface area contributed by atoms with Crippen LogP contribution in [0.4, 0.5) is 0 Å². The number of rotatable bonds is 5. The van der Waals surface area contributed by atoms with Crippen molar-refractivity contribution >= 4 is 0 Å². The number of piperazine rings is 1. The van der Waals surface area contributed by atoms with Crippen LogP contribution in [-0.4, -0.2) is 47.6 Å². The van der Waals surface area contributed by atoms with Crippen LogP contribution in [-0.2, 0) is 0 Å². The topological polar surface area (TPSA) is 6.48 Å². The molecular weight excluding hydrogens is 244 g/mol. The summed E-state index contributed by atoms with van der Waals surface area (Å²) in [6, 6.07) is 0.711. The maximum atomic E-state index is 2.74. The summed E-state index contributed by atoms with van der Waals surface area (Å²) in [5.74, 6) is 1.03. The summed E-state index contributed by atoms with van der Waals surface area (Å²) >= 11 is 0. The summed E-state index contributed by atoms with van der Waals surface area (Å²) in [7, 11) is 0. The zero-order valence-electron chi connectivity index (χ0n) is 14.3. The molecule has 118 valence electrons. The average Bonchev–Trinajstić information content (AvgIpc) is 2.46. The SMILES string of the molecule is CC(C)N1CCN(C(C)(C)CCC2CCCCC2)CC1. The molecule has 2 nitrogen and oxygen atoms in total. The molecule has 1 heterocycles. The highest BCUT2D eigenvalue weighted by molar-refractivity contribution is 4.87. The van der Waals surface area contributed by atoms with Crippen LogP contribution >= 0.6 is 0 Å². The van der Waals surface area contributed by atoms with Crippen LogP contribution in [0.2, 0.25) is 0 Å². The lowest BCUT2D eigenvalue weighted by Gasteiger charge is -2.45. The molecular formula is C18H36N2.